The predicted molar refractivity (Wildman–Crippen MR) is 55.0 cm³/mol. The summed E-state index contributed by atoms with van der Waals surface area (Å²) in [5.74, 6) is -0.200. The van der Waals surface area contributed by atoms with Crippen LogP contribution >= 0.6 is 0 Å². The largest absolute Gasteiger partial charge is 0.469 e. The molecule has 4 heteroatoms. The number of rotatable bonds is 7. The molecule has 1 unspecified atom stereocenters. The van der Waals surface area contributed by atoms with Crippen LogP contribution in [-0.4, -0.2) is 48.8 Å². The molecule has 0 bridgehead atoms. The van der Waals surface area contributed by atoms with Gasteiger partial charge in [-0.3, -0.25) is 4.79 Å². The van der Waals surface area contributed by atoms with E-state index >= 15 is 0 Å². The molecule has 0 spiro atoms. The van der Waals surface area contributed by atoms with Gasteiger partial charge in [0, 0.05) is 13.1 Å². The van der Waals surface area contributed by atoms with Gasteiger partial charge in [-0.1, -0.05) is 13.8 Å². The first-order valence-corrected chi connectivity index (χ1v) is 5.11. The number of nitrogens with zero attached hydrogens (tertiary/aromatic N) is 1. The summed E-state index contributed by atoms with van der Waals surface area (Å²) in [4.78, 5) is 12.9. The van der Waals surface area contributed by atoms with Gasteiger partial charge in [-0.2, -0.15) is 0 Å². The Morgan fingerprint density at radius 1 is 1.50 bits per heavy atom. The van der Waals surface area contributed by atoms with Crippen LogP contribution in [0, 0.1) is 0 Å². The fourth-order valence-electron chi connectivity index (χ4n) is 1.16. The number of hydrogen-bond donors (Lipinski definition) is 1. The fraction of sp³-hybridized carbons (Fsp3) is 0.900. The van der Waals surface area contributed by atoms with Crippen molar-refractivity contribution in [1.82, 2.24) is 4.90 Å². The van der Waals surface area contributed by atoms with E-state index in [2.05, 4.69) is 4.74 Å². The van der Waals surface area contributed by atoms with Crippen molar-refractivity contribution in [3.8, 4) is 0 Å². The van der Waals surface area contributed by atoms with Gasteiger partial charge in [0.15, 0.2) is 0 Å². The number of hydrogen-bond acceptors (Lipinski definition) is 4. The molecule has 84 valence electrons. The molecular weight excluding hydrogens is 182 g/mol. The Balaban J connectivity index is 3.73. The lowest BCUT2D eigenvalue weighted by molar-refractivity contribution is -0.141. The summed E-state index contributed by atoms with van der Waals surface area (Å²) in [6.07, 6.45) is 0.836. The van der Waals surface area contributed by atoms with Crippen molar-refractivity contribution in [2.75, 3.05) is 26.7 Å². The van der Waals surface area contributed by atoms with Crippen molar-refractivity contribution in [3.05, 3.63) is 0 Å². The highest BCUT2D eigenvalue weighted by Gasteiger charge is 2.10. The summed E-state index contributed by atoms with van der Waals surface area (Å²) in [6.45, 7) is 6.08. The molecule has 0 heterocycles. The predicted octanol–water partition coefficient (Wildman–Crippen LogP) is 0.642. The van der Waals surface area contributed by atoms with Gasteiger partial charge in [0.05, 0.1) is 19.6 Å². The van der Waals surface area contributed by atoms with E-state index in [1.807, 2.05) is 18.7 Å². The molecule has 0 aliphatic rings. The van der Waals surface area contributed by atoms with Crippen LogP contribution in [0.4, 0.5) is 0 Å². The van der Waals surface area contributed by atoms with Crippen LogP contribution in [0.1, 0.15) is 26.7 Å². The van der Waals surface area contributed by atoms with Crippen LogP contribution in [0.15, 0.2) is 0 Å². The summed E-state index contributed by atoms with van der Waals surface area (Å²) in [6, 6.07) is 0. The molecule has 0 fully saturated rings. The number of aliphatic hydroxyl groups is 1. The smallest absolute Gasteiger partial charge is 0.306 e. The van der Waals surface area contributed by atoms with Gasteiger partial charge in [0.1, 0.15) is 0 Å². The second-order valence-electron chi connectivity index (χ2n) is 3.28. The third kappa shape index (κ3) is 5.94. The van der Waals surface area contributed by atoms with Crippen LogP contribution in [0.25, 0.3) is 0 Å². The Kier molecular flexibility index (Phi) is 7.42. The molecule has 1 N–H and O–H groups in total. The monoisotopic (exact) mass is 203 g/mol. The van der Waals surface area contributed by atoms with Crippen molar-refractivity contribution < 1.29 is 14.6 Å². The Hall–Kier alpha value is -0.610. The summed E-state index contributed by atoms with van der Waals surface area (Å²) in [7, 11) is 1.39. The molecule has 0 radical (unpaired) electrons. The number of carbonyl (C=O) groups excluding carboxylic acids is 1. The van der Waals surface area contributed by atoms with E-state index < -0.39 is 0 Å². The molecule has 0 aromatic heterocycles. The van der Waals surface area contributed by atoms with E-state index in [-0.39, 0.29) is 12.1 Å². The maximum atomic E-state index is 10.9. The third-order valence-corrected chi connectivity index (χ3v) is 2.25. The maximum absolute atomic E-state index is 10.9. The minimum absolute atomic E-state index is 0.200. The SMILES string of the molecule is CCC(O)CN(CC)CCC(=O)OC. The zero-order valence-corrected chi connectivity index (χ0v) is 9.32. The van der Waals surface area contributed by atoms with E-state index in [1.165, 1.54) is 7.11 Å². The third-order valence-electron chi connectivity index (χ3n) is 2.25. The number of likely N-dealkylation sites (N-methyl/N-ethyl adjacent to an activating group) is 1. The number of aliphatic hydroxyl groups excluding tert-OH is 1. The Morgan fingerprint density at radius 3 is 2.57 bits per heavy atom. The minimum atomic E-state index is -0.299. The highest BCUT2D eigenvalue weighted by atomic mass is 16.5. The lowest BCUT2D eigenvalue weighted by Crippen LogP contribution is -2.33. The summed E-state index contributed by atoms with van der Waals surface area (Å²) < 4.78 is 4.55. The molecule has 4 nitrogen and oxygen atoms in total. The number of esters is 1. The Bertz CT molecular complexity index is 161. The molecular formula is C10H21NO3. The summed E-state index contributed by atoms with van der Waals surface area (Å²) in [5, 5.41) is 9.42. The Labute approximate surface area is 85.9 Å². The first-order chi connectivity index (χ1) is 6.63. The normalized spacial score (nSPS) is 12.9. The van der Waals surface area contributed by atoms with Gasteiger partial charge in [0.2, 0.25) is 0 Å². The summed E-state index contributed by atoms with van der Waals surface area (Å²) >= 11 is 0. The molecule has 0 aromatic carbocycles. The minimum Gasteiger partial charge on any atom is -0.469 e. The number of ether oxygens (including phenoxy) is 1. The molecule has 0 aliphatic carbocycles. The van der Waals surface area contributed by atoms with E-state index in [9.17, 15) is 9.90 Å². The second kappa shape index (κ2) is 7.76. The van der Waals surface area contributed by atoms with Gasteiger partial charge < -0.3 is 14.7 Å². The molecule has 0 saturated heterocycles. The van der Waals surface area contributed by atoms with E-state index in [0.29, 0.717) is 19.5 Å². The van der Waals surface area contributed by atoms with Crippen molar-refractivity contribution in [2.45, 2.75) is 32.8 Å². The van der Waals surface area contributed by atoms with E-state index in [4.69, 9.17) is 0 Å². The van der Waals surface area contributed by atoms with Gasteiger partial charge in [-0.05, 0) is 13.0 Å². The van der Waals surface area contributed by atoms with E-state index in [1.54, 1.807) is 0 Å². The van der Waals surface area contributed by atoms with Crippen LogP contribution in [0.3, 0.4) is 0 Å². The average molecular weight is 203 g/mol. The van der Waals surface area contributed by atoms with Crippen molar-refractivity contribution >= 4 is 5.97 Å². The van der Waals surface area contributed by atoms with Crippen molar-refractivity contribution in [2.24, 2.45) is 0 Å². The van der Waals surface area contributed by atoms with Gasteiger partial charge >= 0.3 is 5.97 Å². The molecule has 0 rings (SSSR count). The van der Waals surface area contributed by atoms with Crippen LogP contribution in [-0.2, 0) is 9.53 Å². The molecule has 0 saturated carbocycles. The molecule has 1 atom stereocenters. The number of methoxy groups -OCH3 is 1. The highest BCUT2D eigenvalue weighted by Crippen LogP contribution is 1.98. The highest BCUT2D eigenvalue weighted by molar-refractivity contribution is 5.69. The quantitative estimate of drug-likeness (QED) is 0.617. The van der Waals surface area contributed by atoms with Gasteiger partial charge in [-0.15, -0.1) is 0 Å². The van der Waals surface area contributed by atoms with Crippen LogP contribution < -0.4 is 0 Å². The van der Waals surface area contributed by atoms with Crippen LogP contribution in [0.5, 0.6) is 0 Å². The number of carbonyl (C=O) groups is 1. The molecule has 0 aliphatic heterocycles. The first kappa shape index (κ1) is 13.4. The van der Waals surface area contributed by atoms with Gasteiger partial charge in [0.25, 0.3) is 0 Å². The van der Waals surface area contributed by atoms with Crippen molar-refractivity contribution in [3.63, 3.8) is 0 Å². The zero-order valence-electron chi connectivity index (χ0n) is 9.32. The van der Waals surface area contributed by atoms with Gasteiger partial charge in [-0.25, -0.2) is 0 Å². The summed E-state index contributed by atoms with van der Waals surface area (Å²) in [5.41, 5.74) is 0. The zero-order chi connectivity index (χ0) is 11.0. The average Bonchev–Trinajstić information content (AvgIpc) is 2.22. The lowest BCUT2D eigenvalue weighted by atomic mass is 10.2. The standard InChI is InChI=1S/C10H21NO3/c1-4-9(12)8-11(5-2)7-6-10(13)14-3/h9,12H,4-8H2,1-3H3. The van der Waals surface area contributed by atoms with E-state index in [0.717, 1.165) is 13.0 Å². The molecule has 0 amide bonds. The molecule has 14 heavy (non-hydrogen) atoms. The van der Waals surface area contributed by atoms with Crippen LogP contribution in [0.2, 0.25) is 0 Å². The lowest BCUT2D eigenvalue weighted by Gasteiger charge is -2.22. The second-order valence-corrected chi connectivity index (χ2v) is 3.28. The topological polar surface area (TPSA) is 49.8 Å². The Morgan fingerprint density at radius 2 is 2.14 bits per heavy atom. The molecule has 0 aromatic rings. The van der Waals surface area contributed by atoms with Crippen molar-refractivity contribution in [1.29, 1.82) is 0 Å². The first-order valence-electron chi connectivity index (χ1n) is 5.11. The maximum Gasteiger partial charge on any atom is 0.306 e. The fourth-order valence-corrected chi connectivity index (χ4v) is 1.16.